The zero-order valence-corrected chi connectivity index (χ0v) is 18.5. The minimum absolute atomic E-state index is 0.168. The zero-order valence-electron chi connectivity index (χ0n) is 17.7. The summed E-state index contributed by atoms with van der Waals surface area (Å²) in [5.74, 6) is 6.75. The molecule has 2 N–H and O–H groups in total. The molecule has 0 aliphatic carbocycles. The molecule has 0 unspecified atom stereocenters. The molecular weight excluding hydrogens is 384 g/mol. The highest BCUT2D eigenvalue weighted by Gasteiger charge is 2.21. The molecule has 1 aromatic rings. The Kier molecular flexibility index (Phi) is 8.14. The van der Waals surface area contributed by atoms with Gasteiger partial charge < -0.3 is 15.2 Å². The molecule has 0 spiro atoms. The Bertz CT molecular complexity index is 714. The van der Waals surface area contributed by atoms with Crippen LogP contribution in [-0.4, -0.2) is 53.9 Å². The first kappa shape index (κ1) is 22.3. The molecule has 160 valence electrons. The number of amides is 1. The molecule has 2 aliphatic rings. The number of nitrogens with one attached hydrogen (secondary N) is 1. The molecule has 2 fully saturated rings. The summed E-state index contributed by atoms with van der Waals surface area (Å²) in [7, 11) is 0. The molecular formula is C23H34N2O3S. The summed E-state index contributed by atoms with van der Waals surface area (Å²) in [6.07, 6.45) is 6.34. The van der Waals surface area contributed by atoms with Gasteiger partial charge in [-0.25, -0.2) is 0 Å². The highest BCUT2D eigenvalue weighted by atomic mass is 32.1. The molecule has 2 aliphatic heterocycles. The van der Waals surface area contributed by atoms with E-state index >= 15 is 0 Å². The van der Waals surface area contributed by atoms with Crippen molar-refractivity contribution in [3.63, 3.8) is 0 Å². The van der Waals surface area contributed by atoms with Crippen molar-refractivity contribution in [1.82, 2.24) is 10.2 Å². The highest BCUT2D eigenvalue weighted by Crippen LogP contribution is 2.25. The van der Waals surface area contributed by atoms with Crippen molar-refractivity contribution in [2.75, 3.05) is 26.2 Å². The van der Waals surface area contributed by atoms with Crippen LogP contribution in [0.4, 0.5) is 0 Å². The van der Waals surface area contributed by atoms with Gasteiger partial charge >= 0.3 is 0 Å². The predicted molar refractivity (Wildman–Crippen MR) is 117 cm³/mol. The minimum atomic E-state index is -0.951. The maximum atomic E-state index is 12.1. The zero-order chi connectivity index (χ0) is 20.7. The number of thiophene rings is 1. The van der Waals surface area contributed by atoms with E-state index in [0.717, 1.165) is 63.2 Å². The highest BCUT2D eigenvalue weighted by molar-refractivity contribution is 7.12. The van der Waals surface area contributed by atoms with Gasteiger partial charge in [-0.1, -0.05) is 11.8 Å². The van der Waals surface area contributed by atoms with Crippen molar-refractivity contribution >= 4 is 17.2 Å². The second-order valence-electron chi connectivity index (χ2n) is 8.77. The summed E-state index contributed by atoms with van der Waals surface area (Å²) in [6.45, 7) is 8.04. The molecule has 2 saturated heterocycles. The van der Waals surface area contributed by atoms with Gasteiger partial charge in [-0.05, 0) is 77.1 Å². The molecule has 1 aromatic heterocycles. The Morgan fingerprint density at radius 3 is 2.83 bits per heavy atom. The molecule has 0 bridgehead atoms. The van der Waals surface area contributed by atoms with Gasteiger partial charge in [0.2, 0.25) is 5.91 Å². The van der Waals surface area contributed by atoms with E-state index in [-0.39, 0.29) is 12.0 Å². The van der Waals surface area contributed by atoms with E-state index in [0.29, 0.717) is 18.9 Å². The fraction of sp³-hybridized carbons (Fsp3) is 0.696. The number of hydrogen-bond donors (Lipinski definition) is 2. The van der Waals surface area contributed by atoms with E-state index in [9.17, 15) is 9.90 Å². The second kappa shape index (κ2) is 10.6. The summed E-state index contributed by atoms with van der Waals surface area (Å²) in [5, 5.41) is 12.7. The third-order valence-electron chi connectivity index (χ3n) is 5.57. The van der Waals surface area contributed by atoms with E-state index in [1.807, 2.05) is 6.07 Å². The van der Waals surface area contributed by atoms with Crippen LogP contribution in [0.15, 0.2) is 12.1 Å². The van der Waals surface area contributed by atoms with Gasteiger partial charge in [-0.2, -0.15) is 0 Å². The Hall–Kier alpha value is -1.39. The molecule has 0 aromatic carbocycles. The molecule has 1 amide bonds. The van der Waals surface area contributed by atoms with Crippen molar-refractivity contribution < 1.29 is 14.6 Å². The van der Waals surface area contributed by atoms with Gasteiger partial charge in [0.05, 0.1) is 11.0 Å². The van der Waals surface area contributed by atoms with Gasteiger partial charge in [-0.15, -0.1) is 11.3 Å². The van der Waals surface area contributed by atoms with Crippen molar-refractivity contribution in [1.29, 1.82) is 0 Å². The van der Waals surface area contributed by atoms with E-state index < -0.39 is 5.60 Å². The summed E-state index contributed by atoms with van der Waals surface area (Å²) in [4.78, 5) is 16.9. The number of nitrogens with zero attached hydrogens (tertiary/aromatic N) is 1. The Morgan fingerprint density at radius 1 is 1.34 bits per heavy atom. The number of rotatable bonds is 7. The average Bonchev–Trinajstić information content (AvgIpc) is 3.35. The second-order valence-corrected chi connectivity index (χ2v) is 9.94. The number of aliphatic hydroxyl groups is 1. The molecule has 0 radical (unpaired) electrons. The number of carbonyl (C=O) groups is 1. The standard InChI is InChI=1S/C23H34N2O3S/c1-23(2,27)12-9-20-6-7-21(29-20)17-25-13-10-18(11-14-25)5-8-22(26)24-16-19-4-3-15-28-19/h6-7,18-19,27H,3-5,8,10-11,13-17H2,1-2H3,(H,24,26)/t19-/m0/s1. The fourth-order valence-electron chi connectivity index (χ4n) is 3.85. The van der Waals surface area contributed by atoms with Crippen LogP contribution in [0.3, 0.4) is 0 Å². The normalized spacial score (nSPS) is 21.0. The van der Waals surface area contributed by atoms with Crippen LogP contribution < -0.4 is 5.32 Å². The molecule has 29 heavy (non-hydrogen) atoms. The molecule has 6 heteroatoms. The first-order chi connectivity index (χ1) is 13.9. The summed E-state index contributed by atoms with van der Waals surface area (Å²) in [6, 6.07) is 4.18. The third kappa shape index (κ3) is 8.10. The monoisotopic (exact) mass is 418 g/mol. The van der Waals surface area contributed by atoms with Crippen LogP contribution in [0.5, 0.6) is 0 Å². The molecule has 3 heterocycles. The molecule has 1 atom stereocenters. The maximum absolute atomic E-state index is 12.1. The molecule has 5 nitrogen and oxygen atoms in total. The van der Waals surface area contributed by atoms with Crippen LogP contribution in [0, 0.1) is 17.8 Å². The van der Waals surface area contributed by atoms with E-state index in [1.54, 1.807) is 25.2 Å². The minimum Gasteiger partial charge on any atom is -0.378 e. The van der Waals surface area contributed by atoms with E-state index in [1.165, 1.54) is 4.88 Å². The quantitative estimate of drug-likeness (QED) is 0.668. The Morgan fingerprint density at radius 2 is 2.14 bits per heavy atom. The third-order valence-corrected chi connectivity index (χ3v) is 6.56. The van der Waals surface area contributed by atoms with Crippen molar-refractivity contribution in [3.8, 4) is 11.8 Å². The SMILES string of the molecule is CC(C)(O)C#Cc1ccc(CN2CCC(CCC(=O)NC[C@@H]3CCCO3)CC2)s1. The van der Waals surface area contributed by atoms with Crippen LogP contribution in [-0.2, 0) is 16.1 Å². The van der Waals surface area contributed by atoms with Gasteiger partial charge in [0.25, 0.3) is 0 Å². The number of piperidine rings is 1. The van der Waals surface area contributed by atoms with Crippen molar-refractivity contribution in [2.45, 2.75) is 70.6 Å². The maximum Gasteiger partial charge on any atom is 0.220 e. The Balaban J connectivity index is 1.32. The van der Waals surface area contributed by atoms with Crippen LogP contribution in [0.1, 0.15) is 62.1 Å². The number of ether oxygens (including phenoxy) is 1. The molecule has 3 rings (SSSR count). The van der Waals surface area contributed by atoms with Gasteiger partial charge in [0.15, 0.2) is 0 Å². The summed E-state index contributed by atoms with van der Waals surface area (Å²) in [5.41, 5.74) is -0.951. The predicted octanol–water partition coefficient (Wildman–Crippen LogP) is 3.16. The number of hydrogen-bond acceptors (Lipinski definition) is 5. The first-order valence-corrected chi connectivity index (χ1v) is 11.6. The van der Waals surface area contributed by atoms with Gasteiger partial charge in [-0.3, -0.25) is 9.69 Å². The topological polar surface area (TPSA) is 61.8 Å². The lowest BCUT2D eigenvalue weighted by molar-refractivity contribution is -0.122. The number of carbonyl (C=O) groups excluding carboxylic acids is 1. The van der Waals surface area contributed by atoms with E-state index in [2.05, 4.69) is 28.1 Å². The first-order valence-electron chi connectivity index (χ1n) is 10.8. The van der Waals surface area contributed by atoms with Gasteiger partial charge in [0.1, 0.15) is 5.60 Å². The smallest absolute Gasteiger partial charge is 0.220 e. The van der Waals surface area contributed by atoms with Crippen molar-refractivity contribution in [2.24, 2.45) is 5.92 Å². The molecule has 0 saturated carbocycles. The number of likely N-dealkylation sites (tertiary alicyclic amines) is 1. The lowest BCUT2D eigenvalue weighted by atomic mass is 9.92. The van der Waals surface area contributed by atoms with Crippen molar-refractivity contribution in [3.05, 3.63) is 21.9 Å². The summed E-state index contributed by atoms with van der Waals surface area (Å²) < 4.78 is 5.55. The van der Waals surface area contributed by atoms with Crippen LogP contribution in [0.2, 0.25) is 0 Å². The average molecular weight is 419 g/mol. The largest absolute Gasteiger partial charge is 0.378 e. The van der Waals surface area contributed by atoms with Crippen LogP contribution >= 0.6 is 11.3 Å². The lowest BCUT2D eigenvalue weighted by Crippen LogP contribution is -2.34. The summed E-state index contributed by atoms with van der Waals surface area (Å²) >= 11 is 1.71. The van der Waals surface area contributed by atoms with E-state index in [4.69, 9.17) is 4.74 Å². The fourth-order valence-corrected chi connectivity index (χ4v) is 4.76. The lowest BCUT2D eigenvalue weighted by Gasteiger charge is -2.31. The van der Waals surface area contributed by atoms with Gasteiger partial charge in [0, 0.05) is 31.0 Å². The van der Waals surface area contributed by atoms with Crippen LogP contribution in [0.25, 0.3) is 0 Å². The Labute approximate surface area is 178 Å².